The van der Waals surface area contributed by atoms with E-state index in [0.29, 0.717) is 17.8 Å². The molecule has 0 saturated heterocycles. The largest absolute Gasteiger partial charge is 0.309 e. The first-order chi connectivity index (χ1) is 11.9. The van der Waals surface area contributed by atoms with Gasteiger partial charge in [0.25, 0.3) is 0 Å². The van der Waals surface area contributed by atoms with Crippen LogP contribution in [0.3, 0.4) is 0 Å². The maximum atomic E-state index is 12.5. The fourth-order valence-electron chi connectivity index (χ4n) is 3.65. The third-order valence-electron chi connectivity index (χ3n) is 5.28. The van der Waals surface area contributed by atoms with Crippen LogP contribution in [0.4, 0.5) is 5.82 Å². The SMILES string of the molecule is CC(C)(C)C1CCC(C(=O)Nc2ccn(Cc3cccnc3)n2)CC1. The highest BCUT2D eigenvalue weighted by molar-refractivity contribution is 5.91. The monoisotopic (exact) mass is 340 g/mol. The molecule has 0 unspecified atom stereocenters. The minimum atomic E-state index is 0.110. The summed E-state index contributed by atoms with van der Waals surface area (Å²) in [6.07, 6.45) is 9.70. The van der Waals surface area contributed by atoms with E-state index in [9.17, 15) is 4.79 Å². The maximum absolute atomic E-state index is 12.5. The molecule has 0 spiro atoms. The molecule has 0 bridgehead atoms. The molecule has 5 nitrogen and oxygen atoms in total. The summed E-state index contributed by atoms with van der Waals surface area (Å²) >= 11 is 0. The van der Waals surface area contributed by atoms with Crippen LogP contribution < -0.4 is 5.32 Å². The van der Waals surface area contributed by atoms with E-state index in [1.807, 2.05) is 35.3 Å². The molecule has 2 heterocycles. The van der Waals surface area contributed by atoms with Gasteiger partial charge >= 0.3 is 0 Å². The van der Waals surface area contributed by atoms with Gasteiger partial charge in [-0.25, -0.2) is 0 Å². The quantitative estimate of drug-likeness (QED) is 0.911. The van der Waals surface area contributed by atoms with Crippen molar-refractivity contribution in [3.8, 4) is 0 Å². The normalized spacial score (nSPS) is 21.1. The molecular weight excluding hydrogens is 312 g/mol. The lowest BCUT2D eigenvalue weighted by molar-refractivity contribution is -0.121. The molecule has 5 heteroatoms. The van der Waals surface area contributed by atoms with Gasteiger partial charge in [-0.3, -0.25) is 14.5 Å². The summed E-state index contributed by atoms with van der Waals surface area (Å²) in [6.45, 7) is 7.55. The van der Waals surface area contributed by atoms with Crippen molar-refractivity contribution < 1.29 is 4.79 Å². The van der Waals surface area contributed by atoms with Crippen LogP contribution in [0.2, 0.25) is 0 Å². The summed E-state index contributed by atoms with van der Waals surface area (Å²) in [5.41, 5.74) is 1.43. The van der Waals surface area contributed by atoms with Crippen molar-refractivity contribution in [3.63, 3.8) is 0 Å². The first-order valence-corrected chi connectivity index (χ1v) is 9.15. The second-order valence-corrected chi connectivity index (χ2v) is 8.16. The maximum Gasteiger partial charge on any atom is 0.228 e. The molecule has 1 aliphatic rings. The van der Waals surface area contributed by atoms with E-state index in [1.54, 1.807) is 6.20 Å². The lowest BCUT2D eigenvalue weighted by atomic mass is 9.70. The molecule has 25 heavy (non-hydrogen) atoms. The summed E-state index contributed by atoms with van der Waals surface area (Å²) in [4.78, 5) is 16.6. The van der Waals surface area contributed by atoms with Gasteiger partial charge in [0.15, 0.2) is 5.82 Å². The van der Waals surface area contributed by atoms with Crippen molar-refractivity contribution in [3.05, 3.63) is 42.4 Å². The van der Waals surface area contributed by atoms with Gasteiger partial charge in [-0.1, -0.05) is 26.8 Å². The first-order valence-electron chi connectivity index (χ1n) is 9.15. The Kier molecular flexibility index (Phi) is 5.21. The number of hydrogen-bond acceptors (Lipinski definition) is 3. The van der Waals surface area contributed by atoms with Gasteiger partial charge in [0.1, 0.15) is 0 Å². The van der Waals surface area contributed by atoms with Gasteiger partial charge in [-0.2, -0.15) is 5.10 Å². The number of aromatic nitrogens is 3. The molecular formula is C20H28N4O. The van der Waals surface area contributed by atoms with Crippen molar-refractivity contribution in [2.24, 2.45) is 17.3 Å². The summed E-state index contributed by atoms with van der Waals surface area (Å²) in [7, 11) is 0. The molecule has 1 N–H and O–H groups in total. The molecule has 1 saturated carbocycles. The van der Waals surface area contributed by atoms with Gasteiger partial charge in [0, 0.05) is 30.6 Å². The van der Waals surface area contributed by atoms with Crippen LogP contribution in [0.5, 0.6) is 0 Å². The molecule has 2 aromatic rings. The lowest BCUT2D eigenvalue weighted by Crippen LogP contribution is -2.31. The Balaban J connectivity index is 1.52. The third-order valence-corrected chi connectivity index (χ3v) is 5.28. The Morgan fingerprint density at radius 2 is 2.00 bits per heavy atom. The number of nitrogens with one attached hydrogen (secondary N) is 1. The molecule has 0 radical (unpaired) electrons. The van der Waals surface area contributed by atoms with Crippen LogP contribution in [0, 0.1) is 17.3 Å². The van der Waals surface area contributed by atoms with Crippen molar-refractivity contribution in [2.75, 3.05) is 5.32 Å². The summed E-state index contributed by atoms with van der Waals surface area (Å²) in [5, 5.41) is 7.44. The molecule has 2 aromatic heterocycles. The summed E-state index contributed by atoms with van der Waals surface area (Å²) in [5.74, 6) is 1.57. The van der Waals surface area contributed by atoms with E-state index in [-0.39, 0.29) is 11.8 Å². The zero-order valence-corrected chi connectivity index (χ0v) is 15.4. The number of pyridine rings is 1. The van der Waals surface area contributed by atoms with Crippen LogP contribution in [0.25, 0.3) is 0 Å². The average molecular weight is 340 g/mol. The standard InChI is InChI=1S/C20H28N4O/c1-20(2,3)17-8-6-16(7-9-17)19(25)22-18-10-12-24(23-18)14-15-5-4-11-21-13-15/h4-5,10-13,16-17H,6-9,14H2,1-3H3,(H,22,23,25). The molecule has 0 atom stereocenters. The summed E-state index contributed by atoms with van der Waals surface area (Å²) < 4.78 is 1.82. The van der Waals surface area contributed by atoms with Crippen molar-refractivity contribution in [1.82, 2.24) is 14.8 Å². The van der Waals surface area contributed by atoms with Gasteiger partial charge in [-0.15, -0.1) is 0 Å². The number of rotatable bonds is 4. The number of anilines is 1. The van der Waals surface area contributed by atoms with E-state index >= 15 is 0 Å². The Morgan fingerprint density at radius 1 is 1.24 bits per heavy atom. The fraction of sp³-hybridized carbons (Fsp3) is 0.550. The zero-order chi connectivity index (χ0) is 17.9. The Morgan fingerprint density at radius 3 is 2.64 bits per heavy atom. The van der Waals surface area contributed by atoms with Crippen LogP contribution >= 0.6 is 0 Å². The number of amides is 1. The molecule has 0 aromatic carbocycles. The number of hydrogen-bond donors (Lipinski definition) is 1. The van der Waals surface area contributed by atoms with E-state index in [4.69, 9.17) is 0 Å². The van der Waals surface area contributed by atoms with E-state index in [1.165, 1.54) is 0 Å². The van der Waals surface area contributed by atoms with Crippen LogP contribution in [-0.4, -0.2) is 20.7 Å². The van der Waals surface area contributed by atoms with E-state index in [2.05, 4.69) is 36.2 Å². The highest BCUT2D eigenvalue weighted by atomic mass is 16.2. The number of nitrogens with zero attached hydrogens (tertiary/aromatic N) is 3. The molecule has 1 aliphatic carbocycles. The Hall–Kier alpha value is -2.17. The van der Waals surface area contributed by atoms with Crippen LogP contribution in [-0.2, 0) is 11.3 Å². The smallest absolute Gasteiger partial charge is 0.228 e. The van der Waals surface area contributed by atoms with Crippen molar-refractivity contribution in [2.45, 2.75) is 53.0 Å². The minimum absolute atomic E-state index is 0.110. The van der Waals surface area contributed by atoms with Crippen LogP contribution in [0.15, 0.2) is 36.8 Å². The van der Waals surface area contributed by atoms with E-state index < -0.39 is 0 Å². The highest BCUT2D eigenvalue weighted by Gasteiger charge is 2.32. The van der Waals surface area contributed by atoms with Gasteiger partial charge in [-0.05, 0) is 48.6 Å². The predicted molar refractivity (Wildman–Crippen MR) is 99.1 cm³/mol. The second-order valence-electron chi connectivity index (χ2n) is 8.16. The Labute approximate surface area is 149 Å². The average Bonchev–Trinajstić information content (AvgIpc) is 3.02. The first kappa shape index (κ1) is 17.6. The number of carbonyl (C=O) groups excluding carboxylic acids is 1. The molecule has 134 valence electrons. The minimum Gasteiger partial charge on any atom is -0.309 e. The molecule has 1 amide bonds. The topological polar surface area (TPSA) is 59.8 Å². The van der Waals surface area contributed by atoms with Gasteiger partial charge in [0.2, 0.25) is 5.91 Å². The lowest BCUT2D eigenvalue weighted by Gasteiger charge is -2.36. The fourth-order valence-corrected chi connectivity index (χ4v) is 3.65. The molecule has 3 rings (SSSR count). The Bertz CT molecular complexity index is 694. The molecule has 0 aliphatic heterocycles. The van der Waals surface area contributed by atoms with Gasteiger partial charge in [0.05, 0.1) is 6.54 Å². The summed E-state index contributed by atoms with van der Waals surface area (Å²) in [6, 6.07) is 5.78. The predicted octanol–water partition coefficient (Wildman–Crippen LogP) is 4.12. The van der Waals surface area contributed by atoms with E-state index in [0.717, 1.165) is 37.2 Å². The van der Waals surface area contributed by atoms with Crippen molar-refractivity contribution in [1.29, 1.82) is 0 Å². The van der Waals surface area contributed by atoms with Gasteiger partial charge < -0.3 is 5.32 Å². The molecule has 1 fully saturated rings. The second kappa shape index (κ2) is 7.38. The van der Waals surface area contributed by atoms with Crippen LogP contribution in [0.1, 0.15) is 52.0 Å². The highest BCUT2D eigenvalue weighted by Crippen LogP contribution is 2.40. The van der Waals surface area contributed by atoms with Crippen molar-refractivity contribution >= 4 is 11.7 Å². The number of carbonyl (C=O) groups is 1. The third kappa shape index (κ3) is 4.68. The zero-order valence-electron chi connectivity index (χ0n) is 15.4.